The van der Waals surface area contributed by atoms with Crippen LogP contribution in [0, 0.1) is 5.92 Å². The quantitative estimate of drug-likeness (QED) is 0.797. The molecule has 0 aliphatic carbocycles. The maximum Gasteiger partial charge on any atom is 0.326 e. The highest BCUT2D eigenvalue weighted by molar-refractivity contribution is 6.20. The lowest BCUT2D eigenvalue weighted by Gasteiger charge is -2.23. The van der Waals surface area contributed by atoms with Gasteiger partial charge in [0.25, 0.3) is 11.8 Å². The fraction of sp³-hybridized carbons (Fsp3) is 0.417. The number of amides is 2. The van der Waals surface area contributed by atoms with Gasteiger partial charge in [0, 0.05) is 12.4 Å². The molecule has 7 heteroatoms. The smallest absolute Gasteiger partial charge is 0.326 e. The Labute approximate surface area is 109 Å². The molecule has 1 unspecified atom stereocenters. The Morgan fingerprint density at radius 3 is 2.05 bits per heavy atom. The molecule has 0 aromatic carbocycles. The van der Waals surface area contributed by atoms with Crippen LogP contribution in [-0.2, 0) is 4.79 Å². The SMILES string of the molecule is CC(C)CC(C(=O)O)N1C(=O)c2nccnc2C1=O. The molecule has 1 atom stereocenters. The minimum Gasteiger partial charge on any atom is -0.480 e. The van der Waals surface area contributed by atoms with E-state index in [-0.39, 0.29) is 23.7 Å². The average molecular weight is 263 g/mol. The van der Waals surface area contributed by atoms with Crippen molar-refractivity contribution in [2.45, 2.75) is 26.3 Å². The Morgan fingerprint density at radius 1 is 1.21 bits per heavy atom. The largest absolute Gasteiger partial charge is 0.480 e. The Kier molecular flexibility index (Phi) is 3.28. The number of hydrogen-bond donors (Lipinski definition) is 1. The fourth-order valence-corrected chi connectivity index (χ4v) is 2.02. The number of hydrogen-bond acceptors (Lipinski definition) is 5. The van der Waals surface area contributed by atoms with Gasteiger partial charge in [0.1, 0.15) is 6.04 Å². The van der Waals surface area contributed by atoms with Crippen LogP contribution in [0.25, 0.3) is 0 Å². The van der Waals surface area contributed by atoms with Gasteiger partial charge in [-0.3, -0.25) is 14.5 Å². The predicted molar refractivity (Wildman–Crippen MR) is 63.4 cm³/mol. The predicted octanol–water partition coefficient (Wildman–Crippen LogP) is 0.572. The molecule has 7 nitrogen and oxygen atoms in total. The number of carbonyl (C=O) groups is 3. The van der Waals surface area contributed by atoms with Crippen molar-refractivity contribution in [2.24, 2.45) is 5.92 Å². The molecule has 0 fully saturated rings. The minimum absolute atomic E-state index is 0.0336. The first kappa shape index (κ1) is 13.1. The van der Waals surface area contributed by atoms with Crippen LogP contribution in [0.1, 0.15) is 41.2 Å². The minimum atomic E-state index is -1.21. The molecule has 0 saturated carbocycles. The van der Waals surface area contributed by atoms with Crippen molar-refractivity contribution < 1.29 is 19.5 Å². The van der Waals surface area contributed by atoms with Crippen molar-refractivity contribution in [1.82, 2.24) is 14.9 Å². The third-order valence-corrected chi connectivity index (χ3v) is 2.83. The zero-order chi connectivity index (χ0) is 14.2. The monoisotopic (exact) mass is 263 g/mol. The highest BCUT2D eigenvalue weighted by Crippen LogP contribution is 2.24. The number of nitrogens with zero attached hydrogens (tertiary/aromatic N) is 3. The number of rotatable bonds is 4. The van der Waals surface area contributed by atoms with Gasteiger partial charge in [-0.05, 0) is 12.3 Å². The zero-order valence-electron chi connectivity index (χ0n) is 10.5. The van der Waals surface area contributed by atoms with Crippen molar-refractivity contribution in [3.8, 4) is 0 Å². The van der Waals surface area contributed by atoms with Gasteiger partial charge in [-0.15, -0.1) is 0 Å². The second kappa shape index (κ2) is 4.75. The zero-order valence-corrected chi connectivity index (χ0v) is 10.5. The molecule has 0 spiro atoms. The summed E-state index contributed by atoms with van der Waals surface area (Å²) in [7, 11) is 0. The van der Waals surface area contributed by atoms with E-state index in [0.717, 1.165) is 4.90 Å². The molecule has 1 aliphatic heterocycles. The topological polar surface area (TPSA) is 100 Å². The third-order valence-electron chi connectivity index (χ3n) is 2.83. The molecule has 1 N–H and O–H groups in total. The fourth-order valence-electron chi connectivity index (χ4n) is 2.02. The van der Waals surface area contributed by atoms with Crippen molar-refractivity contribution in [3.63, 3.8) is 0 Å². The molecule has 0 bridgehead atoms. The molecule has 2 rings (SSSR count). The molecule has 0 radical (unpaired) electrons. The van der Waals surface area contributed by atoms with Crippen LogP contribution in [0.15, 0.2) is 12.4 Å². The van der Waals surface area contributed by atoms with Crippen LogP contribution in [0.4, 0.5) is 0 Å². The number of carboxylic acids is 1. The van der Waals surface area contributed by atoms with Crippen LogP contribution in [0.2, 0.25) is 0 Å². The van der Waals surface area contributed by atoms with Gasteiger partial charge >= 0.3 is 5.97 Å². The number of aromatic nitrogens is 2. The number of fused-ring (bicyclic) bond motifs is 1. The number of aliphatic carboxylic acids is 1. The highest BCUT2D eigenvalue weighted by Gasteiger charge is 2.44. The molecule has 1 aliphatic rings. The summed E-state index contributed by atoms with van der Waals surface area (Å²) in [5, 5.41) is 9.21. The number of carbonyl (C=O) groups excluding carboxylic acids is 2. The second-order valence-corrected chi connectivity index (χ2v) is 4.72. The molecule has 100 valence electrons. The lowest BCUT2D eigenvalue weighted by atomic mass is 10.0. The summed E-state index contributed by atoms with van der Waals surface area (Å²) in [5.41, 5.74) is -0.162. The van der Waals surface area contributed by atoms with E-state index in [9.17, 15) is 19.5 Å². The average Bonchev–Trinajstić information content (AvgIpc) is 2.60. The van der Waals surface area contributed by atoms with Crippen LogP contribution in [-0.4, -0.2) is 43.8 Å². The summed E-state index contributed by atoms with van der Waals surface area (Å²) < 4.78 is 0. The molecule has 1 aromatic heterocycles. The van der Waals surface area contributed by atoms with E-state index in [4.69, 9.17) is 0 Å². The van der Waals surface area contributed by atoms with Crippen LogP contribution in [0.3, 0.4) is 0 Å². The first-order valence-electron chi connectivity index (χ1n) is 5.85. The molecule has 0 saturated heterocycles. The van der Waals surface area contributed by atoms with Gasteiger partial charge in [0.05, 0.1) is 0 Å². The van der Waals surface area contributed by atoms with Crippen LogP contribution in [0.5, 0.6) is 0 Å². The third kappa shape index (κ3) is 2.18. The number of carboxylic acid groups (broad SMARTS) is 1. The molecule has 1 aromatic rings. The van der Waals surface area contributed by atoms with E-state index in [1.54, 1.807) is 0 Å². The maximum atomic E-state index is 12.1. The van der Waals surface area contributed by atoms with E-state index in [0.29, 0.717) is 0 Å². The van der Waals surface area contributed by atoms with Gasteiger partial charge in [-0.2, -0.15) is 0 Å². The standard InChI is InChI=1S/C12H13N3O4/c1-6(2)5-7(12(18)19)15-10(16)8-9(11(15)17)14-4-3-13-8/h3-4,6-7H,5H2,1-2H3,(H,18,19). The lowest BCUT2D eigenvalue weighted by molar-refractivity contribution is -0.142. The van der Waals surface area contributed by atoms with Gasteiger partial charge < -0.3 is 5.11 Å². The van der Waals surface area contributed by atoms with Crippen molar-refractivity contribution in [1.29, 1.82) is 0 Å². The van der Waals surface area contributed by atoms with Crippen LogP contribution >= 0.6 is 0 Å². The second-order valence-electron chi connectivity index (χ2n) is 4.72. The summed E-state index contributed by atoms with van der Waals surface area (Å²) in [6.07, 6.45) is 2.79. The molecular weight excluding hydrogens is 250 g/mol. The van der Waals surface area contributed by atoms with E-state index in [1.807, 2.05) is 13.8 Å². The van der Waals surface area contributed by atoms with Crippen molar-refractivity contribution in [3.05, 3.63) is 23.8 Å². The Hall–Kier alpha value is -2.31. The first-order chi connectivity index (χ1) is 8.93. The lowest BCUT2D eigenvalue weighted by Crippen LogP contribution is -2.45. The summed E-state index contributed by atoms with van der Waals surface area (Å²) in [6, 6.07) is -1.18. The Balaban J connectivity index is 2.39. The van der Waals surface area contributed by atoms with Gasteiger partial charge in [0.15, 0.2) is 11.4 Å². The van der Waals surface area contributed by atoms with E-state index < -0.39 is 23.8 Å². The van der Waals surface area contributed by atoms with Crippen molar-refractivity contribution >= 4 is 17.8 Å². The summed E-state index contributed by atoms with van der Waals surface area (Å²) >= 11 is 0. The van der Waals surface area contributed by atoms with Gasteiger partial charge in [-0.25, -0.2) is 14.8 Å². The van der Waals surface area contributed by atoms with Gasteiger partial charge in [-0.1, -0.05) is 13.8 Å². The van der Waals surface area contributed by atoms with Crippen molar-refractivity contribution in [2.75, 3.05) is 0 Å². The van der Waals surface area contributed by atoms with Gasteiger partial charge in [0.2, 0.25) is 0 Å². The van der Waals surface area contributed by atoms with E-state index in [2.05, 4.69) is 9.97 Å². The van der Waals surface area contributed by atoms with E-state index >= 15 is 0 Å². The normalized spacial score (nSPS) is 15.8. The Morgan fingerprint density at radius 2 is 1.68 bits per heavy atom. The maximum absolute atomic E-state index is 12.1. The first-order valence-corrected chi connectivity index (χ1v) is 5.85. The van der Waals surface area contributed by atoms with Crippen LogP contribution < -0.4 is 0 Å². The summed E-state index contributed by atoms with van der Waals surface area (Å²) in [4.78, 5) is 43.8. The Bertz CT molecular complexity index is 521. The molecule has 2 amide bonds. The summed E-state index contributed by atoms with van der Waals surface area (Å²) in [5.74, 6) is -2.56. The highest BCUT2D eigenvalue weighted by atomic mass is 16.4. The summed E-state index contributed by atoms with van der Waals surface area (Å²) in [6.45, 7) is 3.65. The molecule has 2 heterocycles. The van der Waals surface area contributed by atoms with E-state index in [1.165, 1.54) is 12.4 Å². The molecule has 19 heavy (non-hydrogen) atoms. The molecular formula is C12H13N3O4. The number of imide groups is 1.